The van der Waals surface area contributed by atoms with E-state index in [0.29, 0.717) is 10.8 Å². The topological polar surface area (TPSA) is 102 Å². The SMILES string of the molecule is Cn1c(=O)n(C)c2cc(NC(=O)CSc3nc4sc5c(c4c(=O)[nH]3)CCCC5)ccc21. The summed E-state index contributed by atoms with van der Waals surface area (Å²) in [4.78, 5) is 46.6. The van der Waals surface area contributed by atoms with Gasteiger partial charge in [0.15, 0.2) is 5.16 Å². The van der Waals surface area contributed by atoms with E-state index in [4.69, 9.17) is 0 Å². The van der Waals surface area contributed by atoms with E-state index >= 15 is 0 Å². The van der Waals surface area contributed by atoms with Crippen LogP contribution in [-0.4, -0.2) is 30.8 Å². The number of fused-ring (bicyclic) bond motifs is 4. The van der Waals surface area contributed by atoms with Gasteiger partial charge in [-0.25, -0.2) is 9.78 Å². The number of carbonyl (C=O) groups excluding carboxylic acids is 1. The molecule has 1 aliphatic rings. The lowest BCUT2D eigenvalue weighted by atomic mass is 9.97. The van der Waals surface area contributed by atoms with Crippen LogP contribution in [0.3, 0.4) is 0 Å². The lowest BCUT2D eigenvalue weighted by Crippen LogP contribution is -2.19. The largest absolute Gasteiger partial charge is 0.328 e. The molecule has 0 unspecified atom stereocenters. The van der Waals surface area contributed by atoms with Crippen LogP contribution < -0.4 is 16.6 Å². The first-order chi connectivity index (χ1) is 14.9. The number of aryl methyl sites for hydroxylation is 4. The lowest BCUT2D eigenvalue weighted by Gasteiger charge is -2.09. The zero-order valence-electron chi connectivity index (χ0n) is 17.2. The van der Waals surface area contributed by atoms with E-state index in [9.17, 15) is 14.4 Å². The van der Waals surface area contributed by atoms with E-state index in [1.54, 1.807) is 46.7 Å². The second-order valence-electron chi connectivity index (χ2n) is 7.70. The summed E-state index contributed by atoms with van der Waals surface area (Å²) in [6.07, 6.45) is 4.21. The number of anilines is 1. The quantitative estimate of drug-likeness (QED) is 0.364. The molecule has 0 atom stereocenters. The van der Waals surface area contributed by atoms with Crippen molar-refractivity contribution in [3.63, 3.8) is 0 Å². The fraction of sp³-hybridized carbons (Fsp3) is 0.333. The zero-order valence-corrected chi connectivity index (χ0v) is 18.8. The molecule has 3 aromatic heterocycles. The predicted molar refractivity (Wildman–Crippen MR) is 124 cm³/mol. The Labute approximate surface area is 185 Å². The van der Waals surface area contributed by atoms with E-state index in [1.165, 1.54) is 16.6 Å². The van der Waals surface area contributed by atoms with Crippen LogP contribution in [0.4, 0.5) is 5.69 Å². The second kappa shape index (κ2) is 7.69. The number of carbonyl (C=O) groups is 1. The molecule has 2 N–H and O–H groups in total. The molecule has 0 radical (unpaired) electrons. The summed E-state index contributed by atoms with van der Waals surface area (Å²) in [5, 5.41) is 4.02. The van der Waals surface area contributed by atoms with E-state index in [-0.39, 0.29) is 22.9 Å². The Morgan fingerprint density at radius 2 is 1.97 bits per heavy atom. The van der Waals surface area contributed by atoms with Crippen molar-refractivity contribution in [3.05, 3.63) is 49.5 Å². The van der Waals surface area contributed by atoms with Crippen LogP contribution in [0.15, 0.2) is 32.9 Å². The molecule has 5 rings (SSSR count). The molecule has 8 nitrogen and oxygen atoms in total. The number of H-pyrrole nitrogens is 1. The zero-order chi connectivity index (χ0) is 21.7. The molecular weight excluding hydrogens is 434 g/mol. The first-order valence-electron chi connectivity index (χ1n) is 10.0. The van der Waals surface area contributed by atoms with Crippen LogP contribution in [0.25, 0.3) is 21.3 Å². The van der Waals surface area contributed by atoms with Gasteiger partial charge in [-0.3, -0.25) is 18.7 Å². The number of benzene rings is 1. The smallest absolute Gasteiger partial charge is 0.325 e. The number of hydrogen-bond acceptors (Lipinski definition) is 6. The molecule has 10 heteroatoms. The number of nitrogens with one attached hydrogen (secondary N) is 2. The maximum absolute atomic E-state index is 12.6. The number of thioether (sulfide) groups is 1. The van der Waals surface area contributed by atoms with Crippen molar-refractivity contribution in [2.45, 2.75) is 30.8 Å². The third-order valence-corrected chi connectivity index (χ3v) is 7.76. The average Bonchev–Trinajstić information content (AvgIpc) is 3.23. The van der Waals surface area contributed by atoms with Crippen molar-refractivity contribution in [2.75, 3.05) is 11.1 Å². The molecule has 0 saturated heterocycles. The molecule has 0 fully saturated rings. The van der Waals surface area contributed by atoms with Crippen LogP contribution in [-0.2, 0) is 31.7 Å². The van der Waals surface area contributed by atoms with Gasteiger partial charge in [-0.15, -0.1) is 11.3 Å². The molecule has 3 heterocycles. The number of amides is 1. The van der Waals surface area contributed by atoms with Gasteiger partial charge in [0.05, 0.1) is 22.2 Å². The third-order valence-electron chi connectivity index (χ3n) is 5.70. The number of nitrogens with zero attached hydrogens (tertiary/aromatic N) is 3. The summed E-state index contributed by atoms with van der Waals surface area (Å²) in [5.41, 5.74) is 3.07. The monoisotopic (exact) mass is 455 g/mol. The molecule has 1 amide bonds. The Morgan fingerprint density at radius 1 is 1.19 bits per heavy atom. The van der Waals surface area contributed by atoms with Crippen molar-refractivity contribution in [1.82, 2.24) is 19.1 Å². The van der Waals surface area contributed by atoms with Crippen LogP contribution >= 0.6 is 23.1 Å². The van der Waals surface area contributed by atoms with E-state index in [0.717, 1.165) is 52.5 Å². The van der Waals surface area contributed by atoms with Gasteiger partial charge in [-0.1, -0.05) is 11.8 Å². The second-order valence-corrected chi connectivity index (χ2v) is 9.75. The highest BCUT2D eigenvalue weighted by molar-refractivity contribution is 7.99. The number of aromatic amines is 1. The molecule has 1 aromatic carbocycles. The molecule has 31 heavy (non-hydrogen) atoms. The summed E-state index contributed by atoms with van der Waals surface area (Å²) < 4.78 is 3.11. The van der Waals surface area contributed by atoms with Gasteiger partial charge in [0.2, 0.25) is 5.91 Å². The molecule has 0 spiro atoms. The van der Waals surface area contributed by atoms with Crippen molar-refractivity contribution < 1.29 is 4.79 Å². The molecule has 0 saturated carbocycles. The first-order valence-corrected chi connectivity index (χ1v) is 11.9. The third kappa shape index (κ3) is 3.49. The number of aromatic nitrogens is 4. The highest BCUT2D eigenvalue weighted by Crippen LogP contribution is 2.34. The number of hydrogen-bond donors (Lipinski definition) is 2. The minimum Gasteiger partial charge on any atom is -0.325 e. The van der Waals surface area contributed by atoms with Gasteiger partial charge in [-0.2, -0.15) is 0 Å². The molecule has 1 aliphatic carbocycles. The van der Waals surface area contributed by atoms with Crippen LogP contribution in [0.1, 0.15) is 23.3 Å². The molecular formula is C21H21N5O3S2. The summed E-state index contributed by atoms with van der Waals surface area (Å²) >= 11 is 2.80. The minimum atomic E-state index is -0.210. The summed E-state index contributed by atoms with van der Waals surface area (Å²) in [6, 6.07) is 5.36. The number of rotatable bonds is 4. The van der Waals surface area contributed by atoms with Gasteiger partial charge >= 0.3 is 5.69 Å². The highest BCUT2D eigenvalue weighted by Gasteiger charge is 2.20. The Kier molecular flexibility index (Phi) is 4.98. The Bertz CT molecular complexity index is 1460. The van der Waals surface area contributed by atoms with Gasteiger partial charge < -0.3 is 10.3 Å². The number of imidazole rings is 1. The van der Waals surface area contributed by atoms with Crippen LogP contribution in [0.2, 0.25) is 0 Å². The summed E-state index contributed by atoms with van der Waals surface area (Å²) in [6.45, 7) is 0. The van der Waals surface area contributed by atoms with Crippen molar-refractivity contribution in [1.29, 1.82) is 0 Å². The van der Waals surface area contributed by atoms with Crippen LogP contribution in [0, 0.1) is 0 Å². The molecule has 0 aliphatic heterocycles. The maximum atomic E-state index is 12.6. The van der Waals surface area contributed by atoms with E-state index in [1.807, 2.05) is 6.07 Å². The van der Waals surface area contributed by atoms with Gasteiger partial charge in [0.25, 0.3) is 5.56 Å². The molecule has 0 bridgehead atoms. The minimum absolute atomic E-state index is 0.116. The summed E-state index contributed by atoms with van der Waals surface area (Å²) in [7, 11) is 3.42. The van der Waals surface area contributed by atoms with E-state index in [2.05, 4.69) is 15.3 Å². The van der Waals surface area contributed by atoms with Gasteiger partial charge in [0, 0.05) is 24.7 Å². The summed E-state index contributed by atoms with van der Waals surface area (Å²) in [5.74, 6) is -0.0934. The van der Waals surface area contributed by atoms with Crippen LogP contribution in [0.5, 0.6) is 0 Å². The maximum Gasteiger partial charge on any atom is 0.328 e. The fourth-order valence-corrected chi connectivity index (χ4v) is 6.11. The fourth-order valence-electron chi connectivity index (χ4n) is 4.13. The Balaban J connectivity index is 1.32. The first kappa shape index (κ1) is 20.1. The highest BCUT2D eigenvalue weighted by atomic mass is 32.2. The normalized spacial score (nSPS) is 13.6. The van der Waals surface area contributed by atoms with Gasteiger partial charge in [-0.05, 0) is 49.4 Å². The van der Waals surface area contributed by atoms with Crippen molar-refractivity contribution in [2.24, 2.45) is 14.1 Å². The Hall–Kier alpha value is -2.85. The van der Waals surface area contributed by atoms with E-state index < -0.39 is 0 Å². The van der Waals surface area contributed by atoms with Crippen molar-refractivity contribution >= 4 is 55.9 Å². The average molecular weight is 456 g/mol. The number of thiophene rings is 1. The van der Waals surface area contributed by atoms with Crippen molar-refractivity contribution in [3.8, 4) is 0 Å². The molecule has 4 aromatic rings. The molecule has 160 valence electrons. The van der Waals surface area contributed by atoms with Gasteiger partial charge in [0.1, 0.15) is 4.83 Å². The lowest BCUT2D eigenvalue weighted by molar-refractivity contribution is -0.113. The predicted octanol–water partition coefficient (Wildman–Crippen LogP) is 2.78. The standard InChI is InChI=1S/C21H21N5O3S2/c1-25-13-8-7-11(9-14(13)26(2)21(25)29)22-16(27)10-30-20-23-18(28)17-12-5-3-4-6-15(12)31-19(17)24-20/h7-9H,3-6,10H2,1-2H3,(H,22,27)(H,23,24,28). The Morgan fingerprint density at radius 3 is 2.81 bits per heavy atom.